The summed E-state index contributed by atoms with van der Waals surface area (Å²) in [5.41, 5.74) is 6.74. The number of nitrogens with one attached hydrogen (secondary N) is 1. The van der Waals surface area contributed by atoms with Crippen molar-refractivity contribution in [3.8, 4) is 0 Å². The highest BCUT2D eigenvalue weighted by molar-refractivity contribution is 5.78. The molecule has 0 radical (unpaired) electrons. The highest BCUT2D eigenvalue weighted by Gasteiger charge is 2.10. The van der Waals surface area contributed by atoms with Crippen LogP contribution in [0.15, 0.2) is 48.5 Å². The fourth-order valence-corrected chi connectivity index (χ4v) is 2.44. The van der Waals surface area contributed by atoms with Crippen molar-refractivity contribution in [1.29, 1.82) is 0 Å². The Morgan fingerprint density at radius 3 is 2.38 bits per heavy atom. The van der Waals surface area contributed by atoms with Gasteiger partial charge in [-0.05, 0) is 29.7 Å². The third-order valence-corrected chi connectivity index (χ3v) is 3.56. The van der Waals surface area contributed by atoms with E-state index in [9.17, 15) is 4.79 Å². The largest absolute Gasteiger partial charge is 0.370 e. The number of nitrogens with two attached hydrogens (primary N) is 1. The molecule has 0 spiro atoms. The molecule has 0 unspecified atom stereocenters. The van der Waals surface area contributed by atoms with Gasteiger partial charge in [-0.3, -0.25) is 10.2 Å². The first-order valence-corrected chi connectivity index (χ1v) is 6.95. The number of benzene rings is 2. The van der Waals surface area contributed by atoms with Crippen LogP contribution in [0.4, 0.5) is 5.69 Å². The van der Waals surface area contributed by atoms with E-state index in [0.717, 1.165) is 17.7 Å². The third-order valence-electron chi connectivity index (χ3n) is 3.56. The van der Waals surface area contributed by atoms with Crippen LogP contribution < -0.4 is 16.2 Å². The number of carbonyl (C=O) groups excluding carboxylic acids is 1. The van der Waals surface area contributed by atoms with Crippen molar-refractivity contribution >= 4 is 11.6 Å². The van der Waals surface area contributed by atoms with E-state index in [1.807, 2.05) is 36.4 Å². The van der Waals surface area contributed by atoms with Gasteiger partial charge in [0.25, 0.3) is 0 Å². The summed E-state index contributed by atoms with van der Waals surface area (Å²) >= 11 is 0. The average Bonchev–Trinajstić information content (AvgIpc) is 2.49. The lowest BCUT2D eigenvalue weighted by Gasteiger charge is -2.23. The fraction of sp³-hybridized carbons (Fsp3) is 0.235. The van der Waals surface area contributed by atoms with Gasteiger partial charge in [-0.2, -0.15) is 0 Å². The van der Waals surface area contributed by atoms with Crippen LogP contribution in [0, 0.1) is 6.92 Å². The minimum atomic E-state index is -0.180. The van der Waals surface area contributed by atoms with Crippen LogP contribution in [0.2, 0.25) is 0 Å². The zero-order valence-electron chi connectivity index (χ0n) is 12.5. The number of carbonyl (C=O) groups is 1. The van der Waals surface area contributed by atoms with Gasteiger partial charge in [-0.25, -0.2) is 5.84 Å². The van der Waals surface area contributed by atoms with E-state index in [0.29, 0.717) is 6.42 Å². The highest BCUT2D eigenvalue weighted by Crippen LogP contribution is 2.21. The van der Waals surface area contributed by atoms with E-state index in [1.165, 1.54) is 11.3 Å². The maximum absolute atomic E-state index is 11.5. The van der Waals surface area contributed by atoms with E-state index in [4.69, 9.17) is 5.84 Å². The number of amides is 1. The maximum atomic E-state index is 11.5. The SMILES string of the molecule is Cc1ccccc1N(C)Cc1ccccc1CC(=O)NN. The van der Waals surface area contributed by atoms with Gasteiger partial charge in [0.1, 0.15) is 0 Å². The van der Waals surface area contributed by atoms with Crippen molar-refractivity contribution < 1.29 is 4.79 Å². The van der Waals surface area contributed by atoms with E-state index < -0.39 is 0 Å². The molecule has 2 aromatic rings. The van der Waals surface area contributed by atoms with Crippen LogP contribution >= 0.6 is 0 Å². The lowest BCUT2D eigenvalue weighted by atomic mass is 10.0. The third kappa shape index (κ3) is 3.83. The molecule has 0 fully saturated rings. The summed E-state index contributed by atoms with van der Waals surface area (Å²) in [6.45, 7) is 2.85. The van der Waals surface area contributed by atoms with Crippen LogP contribution in [-0.4, -0.2) is 13.0 Å². The van der Waals surface area contributed by atoms with Crippen LogP contribution in [0.3, 0.4) is 0 Å². The summed E-state index contributed by atoms with van der Waals surface area (Å²) in [5, 5.41) is 0. The van der Waals surface area contributed by atoms with Crippen LogP contribution in [0.5, 0.6) is 0 Å². The van der Waals surface area contributed by atoms with Gasteiger partial charge >= 0.3 is 0 Å². The number of nitrogens with zero attached hydrogens (tertiary/aromatic N) is 1. The van der Waals surface area contributed by atoms with E-state index in [1.54, 1.807) is 0 Å². The number of rotatable bonds is 5. The standard InChI is InChI=1S/C17H21N3O/c1-13-7-3-6-10-16(13)20(2)12-15-9-5-4-8-14(15)11-17(21)19-18/h3-10H,11-12,18H2,1-2H3,(H,19,21). The highest BCUT2D eigenvalue weighted by atomic mass is 16.2. The van der Waals surface area contributed by atoms with Crippen molar-refractivity contribution in [3.05, 3.63) is 65.2 Å². The Morgan fingerprint density at radius 1 is 1.10 bits per heavy atom. The molecule has 0 heterocycles. The zero-order valence-corrected chi connectivity index (χ0v) is 12.5. The second-order valence-corrected chi connectivity index (χ2v) is 5.16. The summed E-state index contributed by atoms with van der Waals surface area (Å²) in [6, 6.07) is 16.2. The first-order chi connectivity index (χ1) is 10.1. The van der Waals surface area contributed by atoms with Crippen LogP contribution in [-0.2, 0) is 17.8 Å². The number of anilines is 1. The molecule has 0 atom stereocenters. The molecule has 0 aromatic heterocycles. The number of hydrogen-bond donors (Lipinski definition) is 2. The normalized spacial score (nSPS) is 10.2. The minimum absolute atomic E-state index is 0.180. The number of aryl methyl sites for hydroxylation is 1. The Kier molecular flexibility index (Phi) is 4.95. The van der Waals surface area contributed by atoms with E-state index >= 15 is 0 Å². The molecule has 110 valence electrons. The molecule has 0 saturated heterocycles. The lowest BCUT2D eigenvalue weighted by molar-refractivity contribution is -0.120. The first-order valence-electron chi connectivity index (χ1n) is 6.95. The van der Waals surface area contributed by atoms with Crippen molar-refractivity contribution in [3.63, 3.8) is 0 Å². The molecular formula is C17H21N3O. The Bertz CT molecular complexity index is 625. The molecule has 2 rings (SSSR count). The van der Waals surface area contributed by atoms with Crippen LogP contribution in [0.25, 0.3) is 0 Å². The Hall–Kier alpha value is -2.33. The molecule has 1 amide bonds. The van der Waals surface area contributed by atoms with E-state index in [-0.39, 0.29) is 5.91 Å². The number of para-hydroxylation sites is 1. The predicted molar refractivity (Wildman–Crippen MR) is 85.8 cm³/mol. The summed E-state index contributed by atoms with van der Waals surface area (Å²) < 4.78 is 0. The molecular weight excluding hydrogens is 262 g/mol. The molecule has 2 aromatic carbocycles. The summed E-state index contributed by atoms with van der Waals surface area (Å²) in [5.74, 6) is 4.99. The summed E-state index contributed by atoms with van der Waals surface area (Å²) in [4.78, 5) is 13.7. The lowest BCUT2D eigenvalue weighted by Crippen LogP contribution is -2.31. The second kappa shape index (κ2) is 6.90. The van der Waals surface area contributed by atoms with Gasteiger partial charge < -0.3 is 4.90 Å². The van der Waals surface area contributed by atoms with Gasteiger partial charge in [-0.15, -0.1) is 0 Å². The Morgan fingerprint density at radius 2 is 1.71 bits per heavy atom. The van der Waals surface area contributed by atoms with Gasteiger partial charge in [-0.1, -0.05) is 42.5 Å². The number of hydrazine groups is 1. The first kappa shape index (κ1) is 15.1. The van der Waals surface area contributed by atoms with Crippen LogP contribution in [0.1, 0.15) is 16.7 Å². The average molecular weight is 283 g/mol. The van der Waals surface area contributed by atoms with Crippen molar-refractivity contribution in [1.82, 2.24) is 5.43 Å². The zero-order chi connectivity index (χ0) is 15.2. The van der Waals surface area contributed by atoms with Crippen molar-refractivity contribution in [2.24, 2.45) is 5.84 Å². The molecule has 3 N–H and O–H groups in total. The second-order valence-electron chi connectivity index (χ2n) is 5.16. The summed E-state index contributed by atoms with van der Waals surface area (Å²) in [7, 11) is 2.06. The van der Waals surface area contributed by atoms with Gasteiger partial charge in [0.15, 0.2) is 0 Å². The Balaban J connectivity index is 2.19. The summed E-state index contributed by atoms with van der Waals surface area (Å²) in [6.07, 6.45) is 0.300. The molecule has 4 heteroatoms. The minimum Gasteiger partial charge on any atom is -0.370 e. The fourth-order valence-electron chi connectivity index (χ4n) is 2.44. The van der Waals surface area contributed by atoms with Gasteiger partial charge in [0.2, 0.25) is 5.91 Å². The maximum Gasteiger partial charge on any atom is 0.238 e. The molecule has 0 aliphatic rings. The number of hydrogen-bond acceptors (Lipinski definition) is 3. The van der Waals surface area contributed by atoms with Crippen molar-refractivity contribution in [2.75, 3.05) is 11.9 Å². The Labute approximate surface area is 125 Å². The molecule has 0 aliphatic carbocycles. The molecule has 4 nitrogen and oxygen atoms in total. The molecule has 0 bridgehead atoms. The topological polar surface area (TPSA) is 58.4 Å². The van der Waals surface area contributed by atoms with E-state index in [2.05, 4.69) is 36.4 Å². The molecule has 0 saturated carbocycles. The predicted octanol–water partition coefficient (Wildman–Crippen LogP) is 2.16. The molecule has 0 aliphatic heterocycles. The molecule has 21 heavy (non-hydrogen) atoms. The van der Waals surface area contributed by atoms with Crippen molar-refractivity contribution in [2.45, 2.75) is 19.9 Å². The smallest absolute Gasteiger partial charge is 0.238 e. The quantitative estimate of drug-likeness (QED) is 0.502. The van der Waals surface area contributed by atoms with Gasteiger partial charge in [0, 0.05) is 19.3 Å². The monoisotopic (exact) mass is 283 g/mol. The van der Waals surface area contributed by atoms with Gasteiger partial charge in [0.05, 0.1) is 6.42 Å².